The van der Waals surface area contributed by atoms with Crippen molar-refractivity contribution in [1.82, 2.24) is 0 Å². The van der Waals surface area contributed by atoms with Crippen molar-refractivity contribution < 1.29 is 35.5 Å². The minimum absolute atomic E-state index is 0.0461. The molecule has 0 N–H and O–H groups in total. The molecule has 0 aromatic carbocycles. The Bertz CT molecular complexity index is 144. The van der Waals surface area contributed by atoms with Crippen molar-refractivity contribution in [3.63, 3.8) is 0 Å². The first-order chi connectivity index (χ1) is 2.56. The van der Waals surface area contributed by atoms with Crippen molar-refractivity contribution in [3.05, 3.63) is 0 Å². The molecule has 0 aliphatic heterocycles. The van der Waals surface area contributed by atoms with Crippen LogP contribution in [0.5, 0.6) is 0 Å². The zero-order chi connectivity index (χ0) is 5.21. The van der Waals surface area contributed by atoms with Gasteiger partial charge in [-0.1, -0.05) is 0 Å². The monoisotopic (exact) mass is 244 g/mol. The van der Waals surface area contributed by atoms with Crippen LogP contribution in [0.4, 0.5) is 0 Å². The van der Waals surface area contributed by atoms with Crippen LogP contribution in [0.3, 0.4) is 0 Å². The van der Waals surface area contributed by atoms with Crippen LogP contribution in [0.15, 0.2) is 0 Å². The summed E-state index contributed by atoms with van der Waals surface area (Å²) in [7, 11) is 4.53. The second-order valence-corrected chi connectivity index (χ2v) is 8.29. The first kappa shape index (κ1) is 6.90. The van der Waals surface area contributed by atoms with Gasteiger partial charge in [0.15, 0.2) is 0 Å². The van der Waals surface area contributed by atoms with Gasteiger partial charge in [0, 0.05) is 0 Å². The zero-order valence-corrected chi connectivity index (χ0v) is 6.02. The molecular formula is ClCuMoO3. The SMILES string of the molecule is [O]=[Mo](=[O])(=[O])[Cu][Cl]. The first-order valence-corrected chi connectivity index (χ1v) is 7.37. The van der Waals surface area contributed by atoms with E-state index in [9.17, 15) is 10.2 Å². The van der Waals surface area contributed by atoms with Gasteiger partial charge in [-0.3, -0.25) is 0 Å². The van der Waals surface area contributed by atoms with E-state index in [0.29, 0.717) is 0 Å². The van der Waals surface area contributed by atoms with Gasteiger partial charge in [0.2, 0.25) is 0 Å². The molecule has 0 aliphatic carbocycles. The Morgan fingerprint density at radius 2 is 1.50 bits per heavy atom. The van der Waals surface area contributed by atoms with E-state index in [1.165, 1.54) is 0 Å². The van der Waals surface area contributed by atoms with E-state index in [-0.39, 0.29) is 11.4 Å². The van der Waals surface area contributed by atoms with Gasteiger partial charge in [0.05, 0.1) is 0 Å². The van der Waals surface area contributed by atoms with Gasteiger partial charge in [0.25, 0.3) is 0 Å². The fourth-order valence-electron chi connectivity index (χ4n) is 0. The van der Waals surface area contributed by atoms with Gasteiger partial charge >= 0.3 is 45.6 Å². The van der Waals surface area contributed by atoms with E-state index in [1.807, 2.05) is 0 Å². The van der Waals surface area contributed by atoms with Crippen LogP contribution in [0.25, 0.3) is 0 Å². The Hall–Kier alpha value is 0.898. The van der Waals surface area contributed by atoms with E-state index in [2.05, 4.69) is 10.1 Å². The molecule has 0 fully saturated rings. The van der Waals surface area contributed by atoms with Gasteiger partial charge in [-0.05, 0) is 0 Å². The quantitative estimate of drug-likeness (QED) is 0.623. The van der Waals surface area contributed by atoms with E-state index >= 15 is 0 Å². The van der Waals surface area contributed by atoms with Gasteiger partial charge < -0.3 is 0 Å². The van der Waals surface area contributed by atoms with Crippen LogP contribution < -0.4 is 0 Å². The first-order valence-electron chi connectivity index (χ1n) is 0.737. The minimum atomic E-state index is -5.14. The summed E-state index contributed by atoms with van der Waals surface area (Å²) in [6.45, 7) is 0. The zero-order valence-electron chi connectivity index (χ0n) is 2.31. The molecular weight excluding hydrogens is 243 g/mol. The normalized spacial score (nSPS) is 12.2. The summed E-state index contributed by atoms with van der Waals surface area (Å²) in [4.78, 5) is 0. The van der Waals surface area contributed by atoms with Gasteiger partial charge in [0.1, 0.15) is 0 Å². The summed E-state index contributed by atoms with van der Waals surface area (Å²) in [5.74, 6) is 0. The third-order valence-electron chi connectivity index (χ3n) is 0.0570. The van der Waals surface area contributed by atoms with Crippen LogP contribution in [0.2, 0.25) is 0 Å². The van der Waals surface area contributed by atoms with Gasteiger partial charge in [-0.15, -0.1) is 0 Å². The molecule has 0 bridgehead atoms. The molecule has 0 rings (SSSR count). The molecule has 0 atom stereocenters. The molecule has 0 heterocycles. The van der Waals surface area contributed by atoms with Gasteiger partial charge in [-0.25, -0.2) is 0 Å². The molecule has 0 aromatic heterocycles. The number of rotatable bonds is 1. The third kappa shape index (κ3) is 4.90. The molecule has 6 heavy (non-hydrogen) atoms. The van der Waals surface area contributed by atoms with E-state index < -0.39 is 13.9 Å². The maximum atomic E-state index is 9.38. The van der Waals surface area contributed by atoms with E-state index in [4.69, 9.17) is 0 Å². The van der Waals surface area contributed by atoms with E-state index in [0.717, 1.165) is 0 Å². The average molecular weight is 243 g/mol. The molecule has 0 aliphatic rings. The summed E-state index contributed by atoms with van der Waals surface area (Å²) in [6.07, 6.45) is 0. The molecule has 0 unspecified atom stereocenters. The predicted octanol–water partition coefficient (Wildman–Crippen LogP) is 0.328. The Labute approximate surface area is 45.5 Å². The third-order valence-corrected chi connectivity index (χ3v) is 4.17. The summed E-state index contributed by atoms with van der Waals surface area (Å²) >= 11 is -5.19. The van der Waals surface area contributed by atoms with Crippen molar-refractivity contribution in [1.29, 1.82) is 0 Å². The molecule has 0 amide bonds. The van der Waals surface area contributed by atoms with Crippen molar-refractivity contribution in [2.75, 3.05) is 0 Å². The Morgan fingerprint density at radius 3 is 1.50 bits per heavy atom. The Balaban J connectivity index is 4.30. The van der Waals surface area contributed by atoms with Crippen molar-refractivity contribution in [2.24, 2.45) is 0 Å². The number of hydrogen-bond acceptors (Lipinski definition) is 3. The fraction of sp³-hybridized carbons (Fsp3) is 0. The van der Waals surface area contributed by atoms with Crippen LogP contribution in [-0.2, 0) is 35.5 Å². The van der Waals surface area contributed by atoms with E-state index in [1.54, 1.807) is 0 Å². The van der Waals surface area contributed by atoms with Crippen molar-refractivity contribution in [2.45, 2.75) is 0 Å². The van der Waals surface area contributed by atoms with Crippen LogP contribution >= 0.6 is 10.1 Å². The topological polar surface area (TPSA) is 51.2 Å². The molecule has 3 nitrogen and oxygen atoms in total. The molecule has 6 heteroatoms. The molecule has 0 radical (unpaired) electrons. The molecule has 0 saturated carbocycles. The fourth-order valence-corrected chi connectivity index (χ4v) is 0. The summed E-state index contributed by atoms with van der Waals surface area (Å²) in [6, 6.07) is 0. The van der Waals surface area contributed by atoms with Crippen LogP contribution in [-0.4, -0.2) is 0 Å². The van der Waals surface area contributed by atoms with Gasteiger partial charge in [-0.2, -0.15) is 0 Å². The molecule has 42 valence electrons. The predicted molar refractivity (Wildman–Crippen MR) is 7.91 cm³/mol. The Kier molecular flexibility index (Phi) is 2.61. The summed E-state index contributed by atoms with van der Waals surface area (Å²) in [5, 5.41) is 0. The maximum absolute atomic E-state index is 9.38. The second-order valence-electron chi connectivity index (χ2n) is 0.401. The number of halogens is 1. The standard InChI is InChI=1S/ClH.Cu.Mo.3O/h1H;;;;;/q;+1;;;;/p-1. The number of hydrogen-bond donors (Lipinski definition) is 0. The molecule has 0 aromatic rings. The van der Waals surface area contributed by atoms with Crippen molar-refractivity contribution >= 4 is 10.1 Å². The average Bonchev–Trinajstić information content (AvgIpc) is 1.35. The van der Waals surface area contributed by atoms with Crippen LogP contribution in [0.1, 0.15) is 0 Å². The summed E-state index contributed by atoms with van der Waals surface area (Å²) < 4.78 is 28.1. The second kappa shape index (κ2) is 2.27. The molecule has 0 saturated heterocycles. The van der Waals surface area contributed by atoms with Crippen molar-refractivity contribution in [3.8, 4) is 0 Å². The summed E-state index contributed by atoms with van der Waals surface area (Å²) in [5.41, 5.74) is 0. The Morgan fingerprint density at radius 1 is 1.33 bits per heavy atom. The van der Waals surface area contributed by atoms with Crippen LogP contribution in [0, 0.1) is 0 Å². The molecule has 0 spiro atoms.